The molecule has 1 amide bonds. The molecule has 0 saturated carbocycles. The van der Waals surface area contributed by atoms with E-state index in [4.69, 9.17) is 4.74 Å². The van der Waals surface area contributed by atoms with Crippen LogP contribution in [0.5, 0.6) is 5.75 Å². The van der Waals surface area contributed by atoms with Crippen LogP contribution in [0.1, 0.15) is 24.8 Å². The number of methoxy groups -OCH3 is 1. The lowest BCUT2D eigenvalue weighted by Crippen LogP contribution is -2.39. The largest absolute Gasteiger partial charge is 0.497 e. The van der Waals surface area contributed by atoms with Gasteiger partial charge in [0.1, 0.15) is 5.75 Å². The van der Waals surface area contributed by atoms with E-state index in [0.717, 1.165) is 30.8 Å². The zero-order chi connectivity index (χ0) is 13.9. The standard InChI is InChI=1S/C16H22N2O2/c1-20-15-6-2-12(3-7-15)10-16(19)18-9-8-13-4-5-14(11-18)17-13/h2-3,6-7,13-14,17H,4-5,8-11H2,1H3. The molecule has 2 atom stereocenters. The van der Waals surface area contributed by atoms with Gasteiger partial charge in [-0.25, -0.2) is 0 Å². The van der Waals surface area contributed by atoms with Gasteiger partial charge in [0, 0.05) is 25.2 Å². The number of nitrogens with zero attached hydrogens (tertiary/aromatic N) is 1. The molecule has 2 saturated heterocycles. The van der Waals surface area contributed by atoms with E-state index in [0.29, 0.717) is 18.5 Å². The van der Waals surface area contributed by atoms with Crippen molar-refractivity contribution in [3.63, 3.8) is 0 Å². The Morgan fingerprint density at radius 1 is 1.25 bits per heavy atom. The zero-order valence-corrected chi connectivity index (χ0v) is 12.0. The molecular formula is C16H22N2O2. The molecule has 2 aliphatic rings. The number of fused-ring (bicyclic) bond motifs is 2. The van der Waals surface area contributed by atoms with Crippen LogP contribution in [0, 0.1) is 0 Å². The van der Waals surface area contributed by atoms with Crippen LogP contribution in [-0.4, -0.2) is 43.1 Å². The van der Waals surface area contributed by atoms with Gasteiger partial charge in [-0.2, -0.15) is 0 Å². The fourth-order valence-corrected chi connectivity index (χ4v) is 3.20. The molecule has 4 nitrogen and oxygen atoms in total. The number of hydrogen-bond donors (Lipinski definition) is 1. The highest BCUT2D eigenvalue weighted by atomic mass is 16.5. The number of benzene rings is 1. The van der Waals surface area contributed by atoms with Gasteiger partial charge in [0.15, 0.2) is 0 Å². The van der Waals surface area contributed by atoms with Crippen molar-refractivity contribution >= 4 is 5.91 Å². The molecule has 2 fully saturated rings. The Morgan fingerprint density at radius 2 is 2.00 bits per heavy atom. The molecule has 2 heterocycles. The topological polar surface area (TPSA) is 41.6 Å². The number of carbonyl (C=O) groups is 1. The van der Waals surface area contributed by atoms with Crippen LogP contribution in [0.15, 0.2) is 24.3 Å². The van der Waals surface area contributed by atoms with Crippen molar-refractivity contribution in [2.24, 2.45) is 0 Å². The summed E-state index contributed by atoms with van der Waals surface area (Å²) in [5, 5.41) is 3.61. The van der Waals surface area contributed by atoms with E-state index in [1.54, 1.807) is 7.11 Å². The van der Waals surface area contributed by atoms with Crippen molar-refractivity contribution in [2.45, 2.75) is 37.8 Å². The van der Waals surface area contributed by atoms with Crippen LogP contribution in [0.4, 0.5) is 0 Å². The van der Waals surface area contributed by atoms with E-state index in [1.165, 1.54) is 12.8 Å². The molecule has 1 aromatic carbocycles. The Labute approximate surface area is 120 Å². The predicted octanol–water partition coefficient (Wildman–Crippen LogP) is 1.59. The summed E-state index contributed by atoms with van der Waals surface area (Å²) in [4.78, 5) is 14.4. The Morgan fingerprint density at radius 3 is 2.75 bits per heavy atom. The number of nitrogens with one attached hydrogen (secondary N) is 1. The molecule has 2 bridgehead atoms. The van der Waals surface area contributed by atoms with E-state index in [9.17, 15) is 4.79 Å². The minimum atomic E-state index is 0.240. The number of rotatable bonds is 3. The number of likely N-dealkylation sites (tertiary alicyclic amines) is 1. The summed E-state index contributed by atoms with van der Waals surface area (Å²) in [5.41, 5.74) is 1.05. The van der Waals surface area contributed by atoms with Crippen molar-refractivity contribution in [1.82, 2.24) is 10.2 Å². The maximum Gasteiger partial charge on any atom is 0.227 e. The van der Waals surface area contributed by atoms with Gasteiger partial charge < -0.3 is 15.0 Å². The Balaban J connectivity index is 1.60. The van der Waals surface area contributed by atoms with E-state index in [2.05, 4.69) is 5.32 Å². The molecule has 0 aromatic heterocycles. The average Bonchev–Trinajstić information content (AvgIpc) is 2.79. The fraction of sp³-hybridized carbons (Fsp3) is 0.562. The summed E-state index contributed by atoms with van der Waals surface area (Å²) in [6, 6.07) is 8.89. The van der Waals surface area contributed by atoms with Gasteiger partial charge in [-0.15, -0.1) is 0 Å². The maximum atomic E-state index is 12.4. The van der Waals surface area contributed by atoms with Crippen LogP contribution < -0.4 is 10.1 Å². The second kappa shape index (κ2) is 5.83. The summed E-state index contributed by atoms with van der Waals surface area (Å²) < 4.78 is 5.14. The van der Waals surface area contributed by atoms with Crippen molar-refractivity contribution in [1.29, 1.82) is 0 Å². The lowest BCUT2D eigenvalue weighted by Gasteiger charge is -2.24. The zero-order valence-electron chi connectivity index (χ0n) is 12.0. The summed E-state index contributed by atoms with van der Waals surface area (Å²) in [7, 11) is 1.65. The van der Waals surface area contributed by atoms with Gasteiger partial charge in [-0.05, 0) is 37.0 Å². The predicted molar refractivity (Wildman–Crippen MR) is 77.8 cm³/mol. The molecule has 1 aromatic rings. The molecular weight excluding hydrogens is 252 g/mol. The van der Waals surface area contributed by atoms with Crippen LogP contribution in [0.25, 0.3) is 0 Å². The first-order valence-corrected chi connectivity index (χ1v) is 7.41. The van der Waals surface area contributed by atoms with Crippen molar-refractivity contribution < 1.29 is 9.53 Å². The van der Waals surface area contributed by atoms with Gasteiger partial charge in [-0.1, -0.05) is 12.1 Å². The Kier molecular flexibility index (Phi) is 3.92. The fourth-order valence-electron chi connectivity index (χ4n) is 3.20. The number of carbonyl (C=O) groups excluding carboxylic acids is 1. The Hall–Kier alpha value is -1.55. The van der Waals surface area contributed by atoms with E-state index in [-0.39, 0.29) is 5.91 Å². The molecule has 0 radical (unpaired) electrons. The molecule has 4 heteroatoms. The second-order valence-corrected chi connectivity index (χ2v) is 5.79. The molecule has 20 heavy (non-hydrogen) atoms. The van der Waals surface area contributed by atoms with Crippen molar-refractivity contribution in [2.75, 3.05) is 20.2 Å². The van der Waals surface area contributed by atoms with Crippen molar-refractivity contribution in [3.8, 4) is 5.75 Å². The first kappa shape index (κ1) is 13.4. The quantitative estimate of drug-likeness (QED) is 0.910. The minimum Gasteiger partial charge on any atom is -0.497 e. The van der Waals surface area contributed by atoms with Gasteiger partial charge >= 0.3 is 0 Å². The van der Waals surface area contributed by atoms with Crippen LogP contribution in [0.2, 0.25) is 0 Å². The first-order chi connectivity index (χ1) is 9.74. The summed E-state index contributed by atoms with van der Waals surface area (Å²) in [6.07, 6.45) is 4.05. The second-order valence-electron chi connectivity index (χ2n) is 5.79. The lowest BCUT2D eigenvalue weighted by atomic mass is 10.1. The smallest absolute Gasteiger partial charge is 0.227 e. The monoisotopic (exact) mass is 274 g/mol. The minimum absolute atomic E-state index is 0.240. The van der Waals surface area contributed by atoms with Gasteiger partial charge in [0.05, 0.1) is 13.5 Å². The van der Waals surface area contributed by atoms with Crippen LogP contribution in [0.3, 0.4) is 0 Å². The highest BCUT2D eigenvalue weighted by Gasteiger charge is 2.30. The number of hydrogen-bond acceptors (Lipinski definition) is 3. The SMILES string of the molecule is COc1ccc(CC(=O)N2CCC3CCC(C2)N3)cc1. The van der Waals surface area contributed by atoms with E-state index in [1.807, 2.05) is 29.2 Å². The van der Waals surface area contributed by atoms with Gasteiger partial charge in [0.2, 0.25) is 5.91 Å². The van der Waals surface area contributed by atoms with Gasteiger partial charge in [0.25, 0.3) is 0 Å². The Bertz CT molecular complexity index is 472. The van der Waals surface area contributed by atoms with E-state index >= 15 is 0 Å². The highest BCUT2D eigenvalue weighted by Crippen LogP contribution is 2.21. The summed E-state index contributed by atoms with van der Waals surface area (Å²) in [6.45, 7) is 1.76. The highest BCUT2D eigenvalue weighted by molar-refractivity contribution is 5.79. The molecule has 2 unspecified atom stereocenters. The summed E-state index contributed by atoms with van der Waals surface area (Å²) >= 11 is 0. The summed E-state index contributed by atoms with van der Waals surface area (Å²) in [5.74, 6) is 1.07. The maximum absolute atomic E-state index is 12.4. The van der Waals surface area contributed by atoms with E-state index < -0.39 is 0 Å². The molecule has 0 spiro atoms. The van der Waals surface area contributed by atoms with Gasteiger partial charge in [-0.3, -0.25) is 4.79 Å². The molecule has 2 aliphatic heterocycles. The third-order valence-electron chi connectivity index (χ3n) is 4.39. The normalized spacial score (nSPS) is 25.4. The lowest BCUT2D eigenvalue weighted by molar-refractivity contribution is -0.130. The third-order valence-corrected chi connectivity index (χ3v) is 4.39. The first-order valence-electron chi connectivity index (χ1n) is 7.41. The molecule has 1 N–H and O–H groups in total. The molecule has 0 aliphatic carbocycles. The number of amides is 1. The number of ether oxygens (including phenoxy) is 1. The van der Waals surface area contributed by atoms with Crippen LogP contribution in [-0.2, 0) is 11.2 Å². The average molecular weight is 274 g/mol. The molecule has 108 valence electrons. The van der Waals surface area contributed by atoms with Crippen LogP contribution >= 0.6 is 0 Å². The molecule has 3 rings (SSSR count). The van der Waals surface area contributed by atoms with Crippen molar-refractivity contribution in [3.05, 3.63) is 29.8 Å². The third kappa shape index (κ3) is 2.96.